The van der Waals surface area contributed by atoms with Crippen LogP contribution < -0.4 is 5.32 Å². The lowest BCUT2D eigenvalue weighted by Gasteiger charge is -2.22. The van der Waals surface area contributed by atoms with Gasteiger partial charge in [-0.25, -0.2) is 9.68 Å². The maximum Gasteiger partial charge on any atom is 0.441 e. The SMILES string of the molecule is CNC(=O)OOOOOOOOOOOOOOOOOOOOOOOOOOOOOOOOOOOOOOOOOOOOO/C=C\CC(=O)CCN1C(=O)CC(SCCN(Cc2ccccn2)Cc2ccccn2)C1=O. The van der Waals surface area contributed by atoms with E-state index in [0.29, 0.717) is 25.4 Å². The second-order valence-corrected chi connectivity index (χ2v) is 12.6. The van der Waals surface area contributed by atoms with Gasteiger partial charge in [0.15, 0.2) is 0 Å². The van der Waals surface area contributed by atoms with Gasteiger partial charge in [0.25, 0.3) is 0 Å². The van der Waals surface area contributed by atoms with Crippen molar-refractivity contribution >= 4 is 35.5 Å². The lowest BCUT2D eigenvalue weighted by atomic mass is 10.2. The van der Waals surface area contributed by atoms with E-state index in [1.54, 1.807) is 12.4 Å². The van der Waals surface area contributed by atoms with E-state index in [0.717, 1.165) is 22.5 Å². The van der Waals surface area contributed by atoms with Gasteiger partial charge >= 0.3 is 6.09 Å². The average molecular weight is 1230 g/mol. The molecule has 0 saturated carbocycles. The minimum Gasteiger partial charge on any atom is -0.322 e. The van der Waals surface area contributed by atoms with Gasteiger partial charge in [0, 0.05) is 287 Å². The van der Waals surface area contributed by atoms with Crippen LogP contribution in [0, 0.1) is 0 Å². The van der Waals surface area contributed by atoms with E-state index in [-0.39, 0.29) is 43.4 Å². The number of thioether (sulfide) groups is 1. The van der Waals surface area contributed by atoms with Crippen molar-refractivity contribution in [3.8, 4) is 0 Å². The van der Waals surface area contributed by atoms with Crippen molar-refractivity contribution in [2.45, 2.75) is 37.6 Å². The Morgan fingerprint density at radius 3 is 1.25 bits per heavy atom. The molecule has 0 aliphatic carbocycles. The smallest absolute Gasteiger partial charge is 0.322 e. The minimum atomic E-state index is -1.06. The lowest BCUT2D eigenvalue weighted by Crippen LogP contribution is -2.33. The molecule has 0 aromatic carbocycles. The Morgan fingerprint density at radius 1 is 0.543 bits per heavy atom. The molecule has 2 aromatic heterocycles. The molecule has 1 atom stereocenters. The zero-order valence-electron chi connectivity index (χ0n) is 38.7. The molecule has 1 N–H and O–H groups in total. The van der Waals surface area contributed by atoms with Crippen LogP contribution in [0.4, 0.5) is 4.79 Å². The third-order valence-electron chi connectivity index (χ3n) is 6.78. The molecule has 1 aliphatic rings. The maximum atomic E-state index is 13.0. The number of allylic oxidation sites excluding steroid dienone is 1. The van der Waals surface area contributed by atoms with Crippen LogP contribution in [0.2, 0.25) is 0 Å². The summed E-state index contributed by atoms with van der Waals surface area (Å²) in [6, 6.07) is 11.3. The predicted molar refractivity (Wildman–Crippen MR) is 187 cm³/mol. The number of Topliss-reactive ketones (excluding diaryl/α,β-unsaturated/α-hetero) is 1. The van der Waals surface area contributed by atoms with E-state index in [4.69, 9.17) is 0 Å². The third kappa shape index (κ3) is 40.4. The molecule has 0 bridgehead atoms. The summed E-state index contributed by atoms with van der Waals surface area (Å²) in [6.07, 6.45) is 4.25. The van der Waals surface area contributed by atoms with E-state index < -0.39 is 11.3 Å². The Balaban J connectivity index is 0.949. The first-order valence-corrected chi connectivity index (χ1v) is 20.4. The summed E-state index contributed by atoms with van der Waals surface area (Å²) in [5.74, 6) is -0.477. The van der Waals surface area contributed by atoms with Crippen LogP contribution in [0.3, 0.4) is 0 Å². The number of aromatic nitrogens is 2. The Hall–Kier alpha value is -5.49. The quantitative estimate of drug-likeness (QED) is 0.0288. The Morgan fingerprint density at radius 2 is 0.901 bits per heavy atom. The molecule has 2 aromatic rings. The van der Waals surface area contributed by atoms with E-state index in [1.807, 2.05) is 41.7 Å². The molecular weight excluding hydrogens is 1200 g/mol. The highest BCUT2D eigenvalue weighted by Crippen LogP contribution is 2.26. The molecular formula is C26H31N5O49S. The second-order valence-electron chi connectivity index (χ2n) is 11.3. The highest BCUT2D eigenvalue weighted by Gasteiger charge is 2.38. The van der Waals surface area contributed by atoms with Gasteiger partial charge in [0.1, 0.15) is 12.0 Å². The summed E-state index contributed by atoms with van der Waals surface area (Å²) in [7, 11) is 1.20. The van der Waals surface area contributed by atoms with Gasteiger partial charge in [-0.05, 0) is 30.3 Å². The zero-order chi connectivity index (χ0) is 57.6. The molecule has 3 amide bonds. The van der Waals surface area contributed by atoms with Crippen molar-refractivity contribution < 1.29 is 246 Å². The summed E-state index contributed by atoms with van der Waals surface area (Å²) in [4.78, 5) is 68.6. The predicted octanol–water partition coefficient (Wildman–Crippen LogP) is -0.451. The first kappa shape index (κ1) is 69.8. The van der Waals surface area contributed by atoms with Gasteiger partial charge in [-0.2, -0.15) is 0 Å². The summed E-state index contributed by atoms with van der Waals surface area (Å²) in [5, 5.41) is 155. The fourth-order valence-electron chi connectivity index (χ4n) is 4.15. The molecule has 1 fully saturated rings. The van der Waals surface area contributed by atoms with Crippen LogP contribution in [0.15, 0.2) is 61.1 Å². The Bertz CT molecular complexity index is 1820. The molecule has 3 rings (SSSR count). The zero-order valence-corrected chi connectivity index (χ0v) is 39.5. The van der Waals surface area contributed by atoms with Crippen molar-refractivity contribution in [3.63, 3.8) is 0 Å². The maximum absolute atomic E-state index is 13.0. The highest BCUT2D eigenvalue weighted by molar-refractivity contribution is 8.00. The molecule has 55 heteroatoms. The van der Waals surface area contributed by atoms with Crippen LogP contribution in [0.1, 0.15) is 30.7 Å². The minimum absolute atomic E-state index is 0.0305. The Kier molecular flexibility index (Phi) is 44.3. The first-order chi connectivity index (χ1) is 40.0. The van der Waals surface area contributed by atoms with E-state index >= 15 is 0 Å². The normalized spacial score (nSPS) is 13.6. The molecule has 0 radical (unpaired) electrons. The topological polar surface area (TPSA) is 528 Å². The molecule has 460 valence electrons. The number of hydrogen-bond acceptors (Lipinski definition) is 53. The molecule has 1 saturated heterocycles. The summed E-state index contributed by atoms with van der Waals surface area (Å²) < 4.78 is 0. The van der Waals surface area contributed by atoms with Crippen LogP contribution in [-0.2, 0) is 254 Å². The van der Waals surface area contributed by atoms with Gasteiger partial charge in [0.2, 0.25) is 11.8 Å². The number of carbonyl (C=O) groups is 4. The lowest BCUT2D eigenvalue weighted by molar-refractivity contribution is -0.909. The van der Waals surface area contributed by atoms with Crippen molar-refractivity contribution in [3.05, 3.63) is 72.5 Å². The van der Waals surface area contributed by atoms with Crippen molar-refractivity contribution in [1.29, 1.82) is 0 Å². The van der Waals surface area contributed by atoms with Gasteiger partial charge in [-0.3, -0.25) is 34.2 Å². The number of nitrogens with zero attached hydrogens (tertiary/aromatic N) is 4. The number of pyridine rings is 2. The van der Waals surface area contributed by atoms with Crippen molar-refractivity contribution in [1.82, 2.24) is 25.1 Å². The number of nitrogens with one attached hydrogen (secondary N) is 1. The first-order valence-electron chi connectivity index (χ1n) is 19.3. The number of amides is 3. The van der Waals surface area contributed by atoms with Gasteiger partial charge in [0.05, 0.1) is 16.6 Å². The van der Waals surface area contributed by atoms with Crippen LogP contribution in [0.5, 0.6) is 0 Å². The number of likely N-dealkylation sites (tertiary alicyclic amines) is 1. The molecule has 81 heavy (non-hydrogen) atoms. The van der Waals surface area contributed by atoms with Gasteiger partial charge in [-0.15, -0.1) is 11.8 Å². The number of imide groups is 1. The van der Waals surface area contributed by atoms with Crippen molar-refractivity contribution in [2.24, 2.45) is 0 Å². The van der Waals surface area contributed by atoms with Crippen LogP contribution in [-0.4, -0.2) is 74.6 Å². The molecule has 3 heterocycles. The summed E-state index contributed by atoms with van der Waals surface area (Å²) in [5.41, 5.74) is 1.77. The monoisotopic (exact) mass is 1230 g/mol. The standard InChI is InChI=1S/C26H31N5O49S/c1-27-26(35)37-39-41-43-45-47-49-51-53-55-57-59-61-63-65-67-69-71-73-75-77-79-80-78-76-74-72-70-68-66-64-62-60-58-56-54-52-50-48-46-44-42-40-38-36-15-6-9-22(32)10-13-31-24(33)17-23(25(31)34)81-16-14-30(18-20-7-2-4-11-28-20)19-21-8-3-5-12-29-21/h2-8,11-12,15,23H,9-10,13-14,16-19H2,1H3,(H,27,35)/b15-6-. The fourth-order valence-corrected chi connectivity index (χ4v) is 5.32. The van der Waals surface area contributed by atoms with E-state index in [9.17, 15) is 19.2 Å². The second kappa shape index (κ2) is 51.4. The summed E-state index contributed by atoms with van der Waals surface area (Å²) >= 11 is 1.38. The van der Waals surface area contributed by atoms with Crippen molar-refractivity contribution in [2.75, 3.05) is 25.9 Å². The number of ketones is 1. The largest absolute Gasteiger partial charge is 0.441 e. The average Bonchev–Trinajstić information content (AvgIpc) is 3.75. The van der Waals surface area contributed by atoms with E-state index in [1.165, 1.54) is 24.9 Å². The highest BCUT2D eigenvalue weighted by atomic mass is 32.2. The number of carbonyl (C=O) groups excluding carboxylic acids is 4. The van der Waals surface area contributed by atoms with Gasteiger partial charge in [-0.1, -0.05) is 12.1 Å². The Labute approximate surface area is 442 Å². The number of hydrogen-bond donors (Lipinski definition) is 1. The summed E-state index contributed by atoms with van der Waals surface area (Å²) in [6.45, 7) is 1.67. The fraction of sp³-hybridized carbons (Fsp3) is 0.385. The van der Waals surface area contributed by atoms with Gasteiger partial charge < -0.3 is 10.2 Å². The molecule has 54 nitrogen and oxygen atoms in total. The molecule has 0 spiro atoms. The number of rotatable bonds is 58. The molecule has 1 aliphatic heterocycles. The third-order valence-corrected chi connectivity index (χ3v) is 7.97. The van der Waals surface area contributed by atoms with E-state index in [2.05, 4.69) is 241 Å². The van der Waals surface area contributed by atoms with Crippen LogP contribution >= 0.6 is 11.8 Å². The molecule has 1 unspecified atom stereocenters. The van der Waals surface area contributed by atoms with Crippen LogP contribution in [0.25, 0.3) is 0 Å².